The number of carbonyl (C=O) groups is 2. The number of amides is 2. The van der Waals surface area contributed by atoms with Crippen molar-refractivity contribution in [2.45, 2.75) is 32.6 Å². The molecule has 0 aliphatic carbocycles. The second-order valence-electron chi connectivity index (χ2n) is 5.04. The highest BCUT2D eigenvalue weighted by atomic mass is 16.1. The molecule has 0 spiro atoms. The Labute approximate surface area is 119 Å². The van der Waals surface area contributed by atoms with Crippen molar-refractivity contribution in [3.8, 4) is 0 Å². The van der Waals surface area contributed by atoms with Crippen LogP contribution in [0.15, 0.2) is 18.2 Å². The molecule has 2 amide bonds. The number of piperidine rings is 1. The molecule has 0 saturated carbocycles. The highest BCUT2D eigenvalue weighted by Gasteiger charge is 2.21. The average Bonchev–Trinajstić information content (AvgIpc) is 2.38. The van der Waals surface area contributed by atoms with Gasteiger partial charge in [0.15, 0.2) is 0 Å². The fraction of sp³-hybridized carbons (Fsp3) is 0.467. The smallest absolute Gasteiger partial charge is 0.249 e. The molecule has 0 aromatic heterocycles. The largest absolute Gasteiger partial charge is 0.370 e. The van der Waals surface area contributed by atoms with Gasteiger partial charge in [-0.25, -0.2) is 0 Å². The number of hydrogen-bond acceptors (Lipinski definition) is 3. The van der Waals surface area contributed by atoms with Crippen LogP contribution < -0.4 is 16.8 Å². The fourth-order valence-electron chi connectivity index (χ4n) is 2.50. The molecule has 1 aliphatic rings. The van der Waals surface area contributed by atoms with Gasteiger partial charge < -0.3 is 16.8 Å². The second-order valence-corrected chi connectivity index (χ2v) is 5.04. The summed E-state index contributed by atoms with van der Waals surface area (Å²) in [5, 5.41) is 3.33. The van der Waals surface area contributed by atoms with E-state index in [1.807, 2.05) is 25.1 Å². The first-order valence-electron chi connectivity index (χ1n) is 6.79. The molecular weight excluding hydrogens is 254 g/mol. The van der Waals surface area contributed by atoms with E-state index in [2.05, 4.69) is 11.1 Å². The van der Waals surface area contributed by atoms with Crippen molar-refractivity contribution in [2.24, 2.45) is 11.5 Å². The Hall–Kier alpha value is -1.88. The predicted octanol–water partition coefficient (Wildman–Crippen LogP) is 1.05. The molecule has 0 unspecified atom stereocenters. The Bertz CT molecular complexity index is 476. The van der Waals surface area contributed by atoms with E-state index >= 15 is 0 Å². The number of hydrogen-bond donors (Lipinski definition) is 3. The molecule has 1 saturated heterocycles. The van der Waals surface area contributed by atoms with Gasteiger partial charge in [0.25, 0.3) is 0 Å². The predicted molar refractivity (Wildman–Crippen MR) is 79.4 cm³/mol. The summed E-state index contributed by atoms with van der Waals surface area (Å²) in [4.78, 5) is 20.7. The third-order valence-corrected chi connectivity index (χ3v) is 3.33. The van der Waals surface area contributed by atoms with Crippen LogP contribution in [-0.4, -0.2) is 24.9 Å². The Balaban J connectivity index is 0.000000444. The van der Waals surface area contributed by atoms with Gasteiger partial charge in [-0.3, -0.25) is 9.59 Å². The molecular formula is C15H23N3O2. The minimum absolute atomic E-state index is 0.299. The number of nitrogens with two attached hydrogens (primary N) is 2. The van der Waals surface area contributed by atoms with Gasteiger partial charge in [0.2, 0.25) is 11.8 Å². The van der Waals surface area contributed by atoms with Crippen molar-refractivity contribution < 1.29 is 9.59 Å². The molecule has 20 heavy (non-hydrogen) atoms. The maximum absolute atomic E-state index is 11.5. The van der Waals surface area contributed by atoms with Crippen molar-refractivity contribution >= 4 is 11.8 Å². The van der Waals surface area contributed by atoms with Crippen molar-refractivity contribution in [3.05, 3.63) is 34.9 Å². The van der Waals surface area contributed by atoms with E-state index in [9.17, 15) is 9.59 Å². The van der Waals surface area contributed by atoms with Crippen LogP contribution in [-0.2, 0) is 4.79 Å². The summed E-state index contributed by atoms with van der Waals surface area (Å²) in [6.07, 6.45) is 2.17. The van der Waals surface area contributed by atoms with E-state index in [1.165, 1.54) is 6.92 Å². The Kier molecular flexibility index (Phi) is 6.18. The first kappa shape index (κ1) is 16.2. The number of benzene rings is 1. The van der Waals surface area contributed by atoms with Crippen LogP contribution in [0.1, 0.15) is 47.2 Å². The standard InChI is InChI=1S/C13H18N2O.C2H5NO/c1-9-3-2-4-11(12(9)13(14)16)10-5-7-15-8-6-10;1-2(3)4/h2-4,10,15H,5-8H2,1H3,(H2,14,16);1H3,(H2,3,4). The molecule has 1 heterocycles. The topological polar surface area (TPSA) is 98.2 Å². The number of aryl methyl sites for hydroxylation is 1. The molecule has 5 N–H and O–H groups in total. The maximum Gasteiger partial charge on any atom is 0.249 e. The lowest BCUT2D eigenvalue weighted by molar-refractivity contribution is -0.115. The van der Waals surface area contributed by atoms with E-state index in [0.717, 1.165) is 42.6 Å². The number of rotatable bonds is 2. The molecule has 2 rings (SSSR count). The highest BCUT2D eigenvalue weighted by Crippen LogP contribution is 2.29. The van der Waals surface area contributed by atoms with Crippen LogP contribution >= 0.6 is 0 Å². The Morgan fingerprint density at radius 3 is 2.25 bits per heavy atom. The quantitative estimate of drug-likeness (QED) is 0.753. The van der Waals surface area contributed by atoms with Crippen molar-refractivity contribution in [3.63, 3.8) is 0 Å². The Morgan fingerprint density at radius 1 is 1.20 bits per heavy atom. The van der Waals surface area contributed by atoms with Gasteiger partial charge in [0.05, 0.1) is 0 Å². The maximum atomic E-state index is 11.5. The molecule has 1 aromatic carbocycles. The van der Waals surface area contributed by atoms with E-state index in [4.69, 9.17) is 5.73 Å². The van der Waals surface area contributed by atoms with Gasteiger partial charge >= 0.3 is 0 Å². The summed E-state index contributed by atoms with van der Waals surface area (Å²) in [6, 6.07) is 6.01. The summed E-state index contributed by atoms with van der Waals surface area (Å²) < 4.78 is 0. The zero-order chi connectivity index (χ0) is 15.1. The molecule has 1 fully saturated rings. The summed E-state index contributed by atoms with van der Waals surface area (Å²) >= 11 is 0. The van der Waals surface area contributed by atoms with Crippen LogP contribution in [0.4, 0.5) is 0 Å². The third kappa shape index (κ3) is 4.66. The summed E-state index contributed by atoms with van der Waals surface area (Å²) in [7, 11) is 0. The molecule has 5 nitrogen and oxygen atoms in total. The lowest BCUT2D eigenvalue weighted by Crippen LogP contribution is -2.28. The second kappa shape index (κ2) is 7.65. The normalized spacial score (nSPS) is 15.1. The van der Waals surface area contributed by atoms with Crippen LogP contribution in [0.25, 0.3) is 0 Å². The number of primary amides is 2. The van der Waals surface area contributed by atoms with Gasteiger partial charge in [-0.15, -0.1) is 0 Å². The minimum Gasteiger partial charge on any atom is -0.370 e. The van der Waals surface area contributed by atoms with Gasteiger partial charge in [-0.2, -0.15) is 0 Å². The molecule has 5 heteroatoms. The van der Waals surface area contributed by atoms with Crippen LogP contribution in [0, 0.1) is 6.92 Å². The van der Waals surface area contributed by atoms with Crippen LogP contribution in [0.3, 0.4) is 0 Å². The molecule has 0 bridgehead atoms. The summed E-state index contributed by atoms with van der Waals surface area (Å²) in [5.41, 5.74) is 12.8. The molecule has 1 aromatic rings. The zero-order valence-corrected chi connectivity index (χ0v) is 12.1. The zero-order valence-electron chi connectivity index (χ0n) is 12.1. The van der Waals surface area contributed by atoms with Crippen LogP contribution in [0.2, 0.25) is 0 Å². The molecule has 1 aliphatic heterocycles. The van der Waals surface area contributed by atoms with E-state index in [-0.39, 0.29) is 11.8 Å². The fourth-order valence-corrected chi connectivity index (χ4v) is 2.50. The molecule has 0 radical (unpaired) electrons. The van der Waals surface area contributed by atoms with E-state index in [1.54, 1.807) is 0 Å². The van der Waals surface area contributed by atoms with Gasteiger partial charge in [0, 0.05) is 12.5 Å². The van der Waals surface area contributed by atoms with E-state index in [0.29, 0.717) is 5.92 Å². The Morgan fingerprint density at radius 2 is 1.75 bits per heavy atom. The lowest BCUT2D eigenvalue weighted by atomic mass is 9.85. The first-order valence-corrected chi connectivity index (χ1v) is 6.79. The minimum atomic E-state index is -0.333. The van der Waals surface area contributed by atoms with E-state index < -0.39 is 0 Å². The van der Waals surface area contributed by atoms with Crippen LogP contribution in [0.5, 0.6) is 0 Å². The average molecular weight is 277 g/mol. The monoisotopic (exact) mass is 277 g/mol. The highest BCUT2D eigenvalue weighted by molar-refractivity contribution is 5.96. The van der Waals surface area contributed by atoms with Gasteiger partial charge in [-0.05, 0) is 49.9 Å². The van der Waals surface area contributed by atoms with Crippen molar-refractivity contribution in [1.82, 2.24) is 5.32 Å². The number of carbonyl (C=O) groups excluding carboxylic acids is 2. The first-order chi connectivity index (χ1) is 9.43. The summed E-state index contributed by atoms with van der Waals surface area (Å²) in [6.45, 7) is 5.30. The SMILES string of the molecule is CC(N)=O.Cc1cccc(C2CCNCC2)c1C(N)=O. The van der Waals surface area contributed by atoms with Crippen molar-refractivity contribution in [2.75, 3.05) is 13.1 Å². The lowest BCUT2D eigenvalue weighted by Gasteiger charge is -2.25. The van der Waals surface area contributed by atoms with Gasteiger partial charge in [-0.1, -0.05) is 18.2 Å². The molecule has 110 valence electrons. The third-order valence-electron chi connectivity index (χ3n) is 3.33. The molecule has 0 atom stereocenters. The number of nitrogens with one attached hydrogen (secondary N) is 1. The van der Waals surface area contributed by atoms with Gasteiger partial charge in [0.1, 0.15) is 0 Å². The van der Waals surface area contributed by atoms with Crippen molar-refractivity contribution in [1.29, 1.82) is 0 Å². The summed E-state index contributed by atoms with van der Waals surface area (Å²) in [5.74, 6) is -0.157.